The number of rotatable bonds is 6. The average Bonchev–Trinajstić information content (AvgIpc) is 3.41. The summed E-state index contributed by atoms with van der Waals surface area (Å²) in [4.78, 5) is 15.6. The fourth-order valence-corrected chi connectivity index (χ4v) is 4.11. The van der Waals surface area contributed by atoms with Crippen molar-refractivity contribution in [2.75, 3.05) is 0 Å². The van der Waals surface area contributed by atoms with Crippen LogP contribution in [0.4, 0.5) is 4.53 Å². The molecule has 0 saturated heterocycles. The van der Waals surface area contributed by atoms with Crippen molar-refractivity contribution < 1.29 is 14.3 Å². The molecular formula is C26H20FN3O2. The number of halogens is 1. The highest BCUT2D eigenvalue weighted by molar-refractivity contribution is 5.98. The number of para-hydroxylation sites is 1. The second-order valence-corrected chi connectivity index (χ2v) is 7.63. The number of benzene rings is 3. The fraction of sp³-hybridized carbons (Fsp3) is 0.0769. The van der Waals surface area contributed by atoms with E-state index in [1.165, 1.54) is 5.56 Å². The molecule has 6 heteroatoms. The van der Waals surface area contributed by atoms with Gasteiger partial charge in [0.25, 0.3) is 0 Å². The first-order valence-electron chi connectivity index (χ1n) is 10.3. The van der Waals surface area contributed by atoms with E-state index in [0.717, 1.165) is 22.0 Å². The van der Waals surface area contributed by atoms with E-state index in [2.05, 4.69) is 37.9 Å². The molecule has 158 valence electrons. The molecule has 2 aromatic heterocycles. The molecule has 2 heterocycles. The minimum absolute atomic E-state index is 0.0197. The van der Waals surface area contributed by atoms with Gasteiger partial charge in [-0.25, -0.2) is 9.74 Å². The predicted octanol–water partition coefficient (Wildman–Crippen LogP) is 5.71. The van der Waals surface area contributed by atoms with Crippen LogP contribution in [0.2, 0.25) is 0 Å². The highest BCUT2D eigenvalue weighted by Gasteiger charge is 2.24. The molecule has 0 atom stereocenters. The van der Waals surface area contributed by atoms with Crippen molar-refractivity contribution in [1.82, 2.24) is 14.8 Å². The highest BCUT2D eigenvalue weighted by atomic mass is 19.3. The highest BCUT2D eigenvalue weighted by Crippen LogP contribution is 2.34. The molecule has 32 heavy (non-hydrogen) atoms. The lowest BCUT2D eigenvalue weighted by atomic mass is 9.98. The maximum atomic E-state index is 12.8. The molecule has 5 rings (SSSR count). The Labute approximate surface area is 184 Å². The SMILES string of the molecule is O=C(OF)c1[nH]nc(-c2cn(Cc3ccccc3)c3ccccc23)c1Cc1ccccc1. The van der Waals surface area contributed by atoms with Crippen LogP contribution in [0.5, 0.6) is 0 Å². The summed E-state index contributed by atoms with van der Waals surface area (Å²) in [5, 5.41) is 8.11. The van der Waals surface area contributed by atoms with Gasteiger partial charge in [-0.05, 0) is 17.2 Å². The molecular weight excluding hydrogens is 405 g/mol. The van der Waals surface area contributed by atoms with Crippen molar-refractivity contribution >= 4 is 16.9 Å². The minimum Gasteiger partial charge on any atom is -0.342 e. The van der Waals surface area contributed by atoms with Crippen LogP contribution in [0.1, 0.15) is 27.2 Å². The summed E-state index contributed by atoms with van der Waals surface area (Å²) in [5.74, 6) is -1.08. The van der Waals surface area contributed by atoms with Crippen LogP contribution in [0.3, 0.4) is 0 Å². The van der Waals surface area contributed by atoms with Crippen LogP contribution in [-0.2, 0) is 17.9 Å². The Morgan fingerprint density at radius 1 is 0.906 bits per heavy atom. The quantitative estimate of drug-likeness (QED) is 0.379. The van der Waals surface area contributed by atoms with Gasteiger partial charge in [0.2, 0.25) is 0 Å². The molecule has 0 saturated carbocycles. The van der Waals surface area contributed by atoms with Crippen LogP contribution in [0.25, 0.3) is 22.2 Å². The first kappa shape index (κ1) is 19.8. The standard InChI is InChI=1S/C26H20FN3O2/c27-32-26(31)25-21(15-18-9-3-1-4-10-18)24(28-29-25)22-17-30(16-19-11-5-2-6-12-19)23-14-8-7-13-20(22)23/h1-14,17H,15-16H2,(H,28,29). The molecule has 5 nitrogen and oxygen atoms in total. The maximum absolute atomic E-state index is 12.8. The van der Waals surface area contributed by atoms with Crippen LogP contribution >= 0.6 is 0 Å². The zero-order valence-electron chi connectivity index (χ0n) is 17.2. The molecule has 0 amide bonds. The number of aromatic nitrogens is 3. The lowest BCUT2D eigenvalue weighted by molar-refractivity contribution is -0.0794. The normalized spacial score (nSPS) is 11.0. The molecule has 0 aliphatic rings. The van der Waals surface area contributed by atoms with Crippen LogP contribution < -0.4 is 0 Å². The van der Waals surface area contributed by atoms with Crippen LogP contribution in [0, 0.1) is 0 Å². The minimum atomic E-state index is -1.08. The van der Waals surface area contributed by atoms with Crippen molar-refractivity contribution in [3.8, 4) is 11.3 Å². The van der Waals surface area contributed by atoms with Crippen molar-refractivity contribution in [2.45, 2.75) is 13.0 Å². The molecule has 3 aromatic carbocycles. The van der Waals surface area contributed by atoms with E-state index >= 15 is 0 Å². The van der Waals surface area contributed by atoms with E-state index in [9.17, 15) is 9.32 Å². The summed E-state index contributed by atoms with van der Waals surface area (Å²) in [5.41, 5.74) is 5.31. The number of nitrogens with one attached hydrogen (secondary N) is 1. The van der Waals surface area contributed by atoms with Gasteiger partial charge in [-0.2, -0.15) is 5.10 Å². The molecule has 0 fully saturated rings. The summed E-state index contributed by atoms with van der Waals surface area (Å²) >= 11 is 0. The van der Waals surface area contributed by atoms with Gasteiger partial charge < -0.3 is 4.57 Å². The number of nitrogens with zero attached hydrogens (tertiary/aromatic N) is 2. The summed E-state index contributed by atoms with van der Waals surface area (Å²) < 4.78 is 15.0. The third-order valence-corrected chi connectivity index (χ3v) is 5.60. The number of aromatic amines is 1. The van der Waals surface area contributed by atoms with E-state index in [-0.39, 0.29) is 5.69 Å². The Kier molecular flexibility index (Phi) is 5.25. The maximum Gasteiger partial charge on any atom is 0.397 e. The Bertz CT molecular complexity index is 1370. The first-order chi connectivity index (χ1) is 15.7. The number of H-pyrrole nitrogens is 1. The Balaban J connectivity index is 1.65. The van der Waals surface area contributed by atoms with Gasteiger partial charge in [0.1, 0.15) is 0 Å². The van der Waals surface area contributed by atoms with Crippen molar-refractivity contribution in [3.63, 3.8) is 0 Å². The van der Waals surface area contributed by atoms with Crippen molar-refractivity contribution in [2.24, 2.45) is 0 Å². The van der Waals surface area contributed by atoms with Gasteiger partial charge in [-0.1, -0.05) is 78.9 Å². The van der Waals surface area contributed by atoms with Gasteiger partial charge in [-0.3, -0.25) is 5.10 Å². The largest absolute Gasteiger partial charge is 0.397 e. The summed E-state index contributed by atoms with van der Waals surface area (Å²) in [6, 6.07) is 27.9. The molecule has 0 radical (unpaired) electrons. The number of fused-ring (bicyclic) bond motifs is 1. The average molecular weight is 425 g/mol. The van der Waals surface area contributed by atoms with Gasteiger partial charge in [0.05, 0.1) is 5.69 Å². The lowest BCUT2D eigenvalue weighted by Gasteiger charge is -2.05. The second-order valence-electron chi connectivity index (χ2n) is 7.63. The smallest absolute Gasteiger partial charge is 0.342 e. The van der Waals surface area contributed by atoms with E-state index in [4.69, 9.17) is 0 Å². The third-order valence-electron chi connectivity index (χ3n) is 5.60. The predicted molar refractivity (Wildman–Crippen MR) is 121 cm³/mol. The van der Waals surface area contributed by atoms with E-state index in [0.29, 0.717) is 24.2 Å². The van der Waals surface area contributed by atoms with Gasteiger partial charge in [0, 0.05) is 45.7 Å². The fourth-order valence-electron chi connectivity index (χ4n) is 4.11. The van der Waals surface area contributed by atoms with E-state index in [1.54, 1.807) is 0 Å². The lowest BCUT2D eigenvalue weighted by Crippen LogP contribution is -2.04. The van der Waals surface area contributed by atoms with E-state index in [1.807, 2.05) is 72.9 Å². The first-order valence-corrected chi connectivity index (χ1v) is 10.3. The van der Waals surface area contributed by atoms with Crippen molar-refractivity contribution in [3.05, 3.63) is 114 Å². The van der Waals surface area contributed by atoms with Gasteiger partial charge >= 0.3 is 5.97 Å². The Morgan fingerprint density at radius 3 is 2.28 bits per heavy atom. The van der Waals surface area contributed by atoms with Gasteiger partial charge in [-0.15, -0.1) is 0 Å². The monoisotopic (exact) mass is 425 g/mol. The van der Waals surface area contributed by atoms with Gasteiger partial charge in [0.15, 0.2) is 5.69 Å². The third kappa shape index (κ3) is 3.67. The van der Waals surface area contributed by atoms with Crippen LogP contribution in [0.15, 0.2) is 91.1 Å². The molecule has 0 aliphatic carbocycles. The number of carbonyl (C=O) groups is 1. The molecule has 0 unspecified atom stereocenters. The van der Waals surface area contributed by atoms with E-state index < -0.39 is 5.97 Å². The molecule has 0 spiro atoms. The second kappa shape index (κ2) is 8.51. The molecule has 0 bridgehead atoms. The Hall–Kier alpha value is -4.19. The number of hydrogen-bond acceptors (Lipinski definition) is 3. The Morgan fingerprint density at radius 2 is 1.56 bits per heavy atom. The summed E-state index contributed by atoms with van der Waals surface area (Å²) in [6.45, 7) is 0.694. The molecule has 1 N–H and O–H groups in total. The topological polar surface area (TPSA) is 59.9 Å². The van der Waals surface area contributed by atoms with Crippen molar-refractivity contribution in [1.29, 1.82) is 0 Å². The molecule has 0 aliphatic heterocycles. The summed E-state index contributed by atoms with van der Waals surface area (Å²) in [7, 11) is 0. The molecule has 5 aromatic rings. The summed E-state index contributed by atoms with van der Waals surface area (Å²) in [6.07, 6.45) is 2.45. The number of carbonyl (C=O) groups excluding carboxylic acids is 1. The number of hydrogen-bond donors (Lipinski definition) is 1. The zero-order valence-corrected chi connectivity index (χ0v) is 17.2. The van der Waals surface area contributed by atoms with Crippen LogP contribution in [-0.4, -0.2) is 20.7 Å². The zero-order chi connectivity index (χ0) is 21.9.